The first-order valence-electron chi connectivity index (χ1n) is 2.34. The van der Waals surface area contributed by atoms with Gasteiger partial charge in [0.05, 0.1) is 0 Å². The Morgan fingerprint density at radius 3 is 2.17 bits per heavy atom. The third-order valence-electron chi connectivity index (χ3n) is 1.29. The smallest absolute Gasteiger partial charge is 0.00473 e. The summed E-state index contributed by atoms with van der Waals surface area (Å²) < 4.78 is 0. The lowest BCUT2D eigenvalue weighted by molar-refractivity contribution is 0.523. The van der Waals surface area contributed by atoms with Crippen LogP contribution in [0.2, 0.25) is 0 Å². The highest BCUT2D eigenvalue weighted by atomic mass is 32.2. The van der Waals surface area contributed by atoms with Gasteiger partial charge in [0.2, 0.25) is 0 Å². The molecule has 0 N–H and O–H groups in total. The van der Waals surface area contributed by atoms with Crippen molar-refractivity contribution < 1.29 is 0 Å². The van der Waals surface area contributed by atoms with Crippen LogP contribution in [-0.4, -0.2) is 5.25 Å². The molecule has 1 aliphatic rings. The minimum absolute atomic E-state index is 0.921. The van der Waals surface area contributed by atoms with Crippen LogP contribution < -0.4 is 0 Å². The normalized spacial score (nSPS) is 23.5. The van der Waals surface area contributed by atoms with E-state index < -0.39 is 0 Å². The summed E-state index contributed by atoms with van der Waals surface area (Å²) in [6.45, 7) is 0. The highest BCUT2D eigenvalue weighted by molar-refractivity contribution is 8.01. The second-order valence-electron chi connectivity index (χ2n) is 1.72. The van der Waals surface area contributed by atoms with Crippen molar-refractivity contribution in [3.8, 4) is 0 Å². The zero-order valence-corrected chi connectivity index (χ0v) is 4.63. The van der Waals surface area contributed by atoms with Crippen LogP contribution in [0.15, 0.2) is 0 Å². The Balaban J connectivity index is 2.01. The molecule has 0 bridgehead atoms. The Bertz CT molecular complexity index is 36.4. The van der Waals surface area contributed by atoms with Gasteiger partial charge in [0.1, 0.15) is 0 Å². The second-order valence-corrected chi connectivity index (χ2v) is 2.72. The fraction of sp³-hybridized carbons (Fsp3) is 0.800. The van der Waals surface area contributed by atoms with Gasteiger partial charge in [-0.1, -0.05) is 6.42 Å². The lowest BCUT2D eigenvalue weighted by Gasteiger charge is -2.21. The standard InChI is InChI=1S/C5H9S/c1-6-5-3-2-4-5/h5H,1-4H2. The Kier molecular flexibility index (Phi) is 1.41. The SMILES string of the molecule is [CH2]SC1CCC1. The Hall–Kier alpha value is 0.350. The van der Waals surface area contributed by atoms with Crippen molar-refractivity contribution in [1.82, 2.24) is 0 Å². The molecular weight excluding hydrogens is 92.1 g/mol. The Labute approximate surface area is 43.3 Å². The van der Waals surface area contributed by atoms with Crippen LogP contribution in [0.5, 0.6) is 0 Å². The Morgan fingerprint density at radius 1 is 1.50 bits per heavy atom. The highest BCUT2D eigenvalue weighted by Gasteiger charge is 2.14. The van der Waals surface area contributed by atoms with Gasteiger partial charge >= 0.3 is 0 Å². The fourth-order valence-corrected chi connectivity index (χ4v) is 1.20. The maximum Gasteiger partial charge on any atom is 0.00473 e. The lowest BCUT2D eigenvalue weighted by atomic mass is 10.0. The molecule has 1 fully saturated rings. The molecule has 0 aromatic carbocycles. The summed E-state index contributed by atoms with van der Waals surface area (Å²) in [7, 11) is 0. The first kappa shape index (κ1) is 4.51. The average molecular weight is 101 g/mol. The lowest BCUT2D eigenvalue weighted by Crippen LogP contribution is -2.11. The summed E-state index contributed by atoms with van der Waals surface area (Å²) >= 11 is 1.76. The molecule has 0 unspecified atom stereocenters. The van der Waals surface area contributed by atoms with Crippen LogP contribution in [0, 0.1) is 6.26 Å². The molecule has 1 saturated carbocycles. The van der Waals surface area contributed by atoms with E-state index in [0.29, 0.717) is 0 Å². The molecule has 0 spiro atoms. The Morgan fingerprint density at radius 2 is 2.17 bits per heavy atom. The predicted molar refractivity (Wildman–Crippen MR) is 30.6 cm³/mol. The molecule has 0 heterocycles. The molecule has 0 saturated heterocycles. The van der Waals surface area contributed by atoms with Crippen molar-refractivity contribution in [1.29, 1.82) is 0 Å². The van der Waals surface area contributed by atoms with Crippen LogP contribution in [0.1, 0.15) is 19.3 Å². The zero-order valence-electron chi connectivity index (χ0n) is 3.81. The molecule has 0 amide bonds. The minimum atomic E-state index is 0.921. The van der Waals surface area contributed by atoms with E-state index in [1.807, 2.05) is 0 Å². The summed E-state index contributed by atoms with van der Waals surface area (Å²) in [5.41, 5.74) is 0. The van der Waals surface area contributed by atoms with Gasteiger partial charge in [0.15, 0.2) is 0 Å². The predicted octanol–water partition coefficient (Wildman–Crippen LogP) is 2.06. The van der Waals surface area contributed by atoms with Crippen LogP contribution >= 0.6 is 11.8 Å². The monoisotopic (exact) mass is 101 g/mol. The third kappa shape index (κ3) is 0.700. The molecular formula is C5H9S. The van der Waals surface area contributed by atoms with Crippen molar-refractivity contribution in [3.05, 3.63) is 6.26 Å². The third-order valence-corrected chi connectivity index (χ3v) is 2.23. The molecule has 0 nitrogen and oxygen atoms in total. The molecule has 6 heavy (non-hydrogen) atoms. The van der Waals surface area contributed by atoms with Gasteiger partial charge in [-0.2, -0.15) is 11.8 Å². The summed E-state index contributed by atoms with van der Waals surface area (Å²) in [4.78, 5) is 0. The van der Waals surface area contributed by atoms with Gasteiger partial charge in [-0.3, -0.25) is 0 Å². The van der Waals surface area contributed by atoms with E-state index in [9.17, 15) is 0 Å². The van der Waals surface area contributed by atoms with Crippen molar-refractivity contribution in [3.63, 3.8) is 0 Å². The van der Waals surface area contributed by atoms with Gasteiger partial charge < -0.3 is 0 Å². The quantitative estimate of drug-likeness (QED) is 0.487. The summed E-state index contributed by atoms with van der Waals surface area (Å²) in [6, 6.07) is 0. The summed E-state index contributed by atoms with van der Waals surface area (Å²) in [5, 5.41) is 0.921. The number of hydrogen-bond acceptors (Lipinski definition) is 1. The molecule has 1 heteroatoms. The zero-order chi connectivity index (χ0) is 4.41. The van der Waals surface area contributed by atoms with Crippen LogP contribution in [-0.2, 0) is 0 Å². The van der Waals surface area contributed by atoms with Crippen LogP contribution in [0.4, 0.5) is 0 Å². The van der Waals surface area contributed by atoms with Gasteiger partial charge in [-0.15, -0.1) is 0 Å². The van der Waals surface area contributed by atoms with Crippen molar-refractivity contribution in [2.45, 2.75) is 24.5 Å². The van der Waals surface area contributed by atoms with Gasteiger partial charge in [0.25, 0.3) is 0 Å². The molecule has 35 valence electrons. The molecule has 0 aromatic heterocycles. The van der Waals surface area contributed by atoms with E-state index in [4.69, 9.17) is 0 Å². The van der Waals surface area contributed by atoms with Crippen molar-refractivity contribution in [2.75, 3.05) is 0 Å². The maximum absolute atomic E-state index is 3.72. The van der Waals surface area contributed by atoms with E-state index in [1.54, 1.807) is 11.8 Å². The van der Waals surface area contributed by atoms with Crippen molar-refractivity contribution >= 4 is 11.8 Å². The largest absolute Gasteiger partial charge is 0.158 e. The van der Waals surface area contributed by atoms with E-state index in [0.717, 1.165) is 5.25 Å². The van der Waals surface area contributed by atoms with Gasteiger partial charge in [0, 0.05) is 11.5 Å². The first-order chi connectivity index (χ1) is 2.93. The summed E-state index contributed by atoms with van der Waals surface area (Å²) in [6.07, 6.45) is 7.98. The number of hydrogen-bond donors (Lipinski definition) is 0. The summed E-state index contributed by atoms with van der Waals surface area (Å²) in [5.74, 6) is 0. The topological polar surface area (TPSA) is 0 Å². The molecule has 1 rings (SSSR count). The number of thioether (sulfide) groups is 1. The molecule has 0 aromatic rings. The minimum Gasteiger partial charge on any atom is -0.158 e. The van der Waals surface area contributed by atoms with Crippen LogP contribution in [0.25, 0.3) is 0 Å². The fourth-order valence-electron chi connectivity index (χ4n) is 0.537. The first-order valence-corrected chi connectivity index (χ1v) is 3.39. The van der Waals surface area contributed by atoms with Gasteiger partial charge in [-0.25, -0.2) is 0 Å². The molecule has 1 radical (unpaired) electrons. The average Bonchev–Trinajstić information content (AvgIpc) is 1.31. The van der Waals surface area contributed by atoms with E-state index >= 15 is 0 Å². The second kappa shape index (κ2) is 1.87. The maximum atomic E-state index is 3.72. The van der Waals surface area contributed by atoms with E-state index in [-0.39, 0.29) is 0 Å². The van der Waals surface area contributed by atoms with Crippen LogP contribution in [0.3, 0.4) is 0 Å². The van der Waals surface area contributed by atoms with E-state index in [1.165, 1.54) is 19.3 Å². The molecule has 1 aliphatic carbocycles. The van der Waals surface area contributed by atoms with Crippen molar-refractivity contribution in [2.24, 2.45) is 0 Å². The number of rotatable bonds is 1. The van der Waals surface area contributed by atoms with E-state index in [2.05, 4.69) is 6.26 Å². The highest BCUT2D eigenvalue weighted by Crippen LogP contribution is 2.29. The van der Waals surface area contributed by atoms with Gasteiger partial charge in [-0.05, 0) is 12.8 Å². The molecule has 0 aliphatic heterocycles. The molecule has 0 atom stereocenters.